The summed E-state index contributed by atoms with van der Waals surface area (Å²) in [6, 6.07) is 16.9. The first-order chi connectivity index (χ1) is 9.31. The van der Waals surface area contributed by atoms with E-state index in [4.69, 9.17) is 4.42 Å². The minimum atomic E-state index is 0.110. The van der Waals surface area contributed by atoms with Crippen LogP contribution >= 0.6 is 15.9 Å². The molecule has 1 atom stereocenters. The van der Waals surface area contributed by atoms with Crippen LogP contribution in [0.15, 0.2) is 63.9 Å². The Morgan fingerprint density at radius 3 is 2.53 bits per heavy atom. The first-order valence-electron chi connectivity index (χ1n) is 6.19. The summed E-state index contributed by atoms with van der Waals surface area (Å²) in [7, 11) is 1.96. The van der Waals surface area contributed by atoms with E-state index in [1.54, 1.807) is 6.26 Å². The summed E-state index contributed by atoms with van der Waals surface area (Å²) in [4.78, 5) is 0. The van der Waals surface area contributed by atoms with Gasteiger partial charge in [-0.1, -0.05) is 42.5 Å². The van der Waals surface area contributed by atoms with Gasteiger partial charge in [0.25, 0.3) is 0 Å². The molecule has 0 saturated carbocycles. The summed E-state index contributed by atoms with van der Waals surface area (Å²) in [6.07, 6.45) is 1.70. The molecule has 0 aliphatic carbocycles. The van der Waals surface area contributed by atoms with Crippen molar-refractivity contribution in [3.63, 3.8) is 0 Å². The number of halogens is 1. The Kier molecular flexibility index (Phi) is 3.40. The number of benzene rings is 2. The lowest BCUT2D eigenvalue weighted by Crippen LogP contribution is -2.17. The Hall–Kier alpha value is -1.58. The molecule has 3 aromatic rings. The minimum absolute atomic E-state index is 0.110. The smallest absolute Gasteiger partial charge is 0.174 e. The molecule has 1 heterocycles. The van der Waals surface area contributed by atoms with Gasteiger partial charge in [-0.25, -0.2) is 0 Å². The molecule has 2 aromatic carbocycles. The van der Waals surface area contributed by atoms with Crippen molar-refractivity contribution < 1.29 is 4.42 Å². The van der Waals surface area contributed by atoms with Gasteiger partial charge in [0.2, 0.25) is 0 Å². The normalized spacial score (nSPS) is 12.7. The fourth-order valence-corrected chi connectivity index (χ4v) is 2.96. The SMILES string of the molecule is CNC(c1ccoc1Br)c1cccc2ccccc12. The van der Waals surface area contributed by atoms with Gasteiger partial charge < -0.3 is 9.73 Å². The number of furan rings is 1. The molecule has 3 rings (SSSR count). The fraction of sp³-hybridized carbons (Fsp3) is 0.125. The van der Waals surface area contributed by atoms with Gasteiger partial charge in [-0.3, -0.25) is 0 Å². The third kappa shape index (κ3) is 2.20. The number of hydrogen-bond acceptors (Lipinski definition) is 2. The van der Waals surface area contributed by atoms with E-state index in [1.165, 1.54) is 16.3 Å². The van der Waals surface area contributed by atoms with Gasteiger partial charge in [0.15, 0.2) is 4.67 Å². The van der Waals surface area contributed by atoms with E-state index in [-0.39, 0.29) is 6.04 Å². The second-order valence-corrected chi connectivity index (χ2v) is 5.16. The second kappa shape index (κ2) is 5.19. The number of rotatable bonds is 3. The van der Waals surface area contributed by atoms with E-state index in [0.717, 1.165) is 10.2 Å². The van der Waals surface area contributed by atoms with Crippen LogP contribution in [0.25, 0.3) is 10.8 Å². The van der Waals surface area contributed by atoms with Gasteiger partial charge in [0.1, 0.15) is 0 Å². The molecule has 0 fully saturated rings. The first-order valence-corrected chi connectivity index (χ1v) is 6.98. The maximum Gasteiger partial charge on any atom is 0.174 e. The molecule has 96 valence electrons. The van der Waals surface area contributed by atoms with Crippen LogP contribution in [0.5, 0.6) is 0 Å². The summed E-state index contributed by atoms with van der Waals surface area (Å²) in [5.41, 5.74) is 2.36. The van der Waals surface area contributed by atoms with Crippen LogP contribution in [0.3, 0.4) is 0 Å². The van der Waals surface area contributed by atoms with Crippen molar-refractivity contribution in [1.82, 2.24) is 5.32 Å². The van der Waals surface area contributed by atoms with Crippen LogP contribution in [-0.2, 0) is 0 Å². The molecule has 1 N–H and O–H groups in total. The van der Waals surface area contributed by atoms with E-state index in [1.807, 2.05) is 13.1 Å². The van der Waals surface area contributed by atoms with Crippen LogP contribution in [-0.4, -0.2) is 7.05 Å². The molecule has 0 aliphatic heterocycles. The van der Waals surface area contributed by atoms with Crippen molar-refractivity contribution in [1.29, 1.82) is 0 Å². The summed E-state index contributed by atoms with van der Waals surface area (Å²) in [5.74, 6) is 0. The van der Waals surface area contributed by atoms with Gasteiger partial charge >= 0.3 is 0 Å². The van der Waals surface area contributed by atoms with Crippen molar-refractivity contribution in [3.8, 4) is 0 Å². The van der Waals surface area contributed by atoms with Gasteiger partial charge in [-0.05, 0) is 45.4 Å². The summed E-state index contributed by atoms with van der Waals surface area (Å²) in [6.45, 7) is 0. The number of hydrogen-bond donors (Lipinski definition) is 1. The molecule has 0 aliphatic rings. The third-order valence-electron chi connectivity index (χ3n) is 3.38. The average Bonchev–Trinajstić information content (AvgIpc) is 2.86. The molecule has 0 bridgehead atoms. The highest BCUT2D eigenvalue weighted by Crippen LogP contribution is 2.33. The number of nitrogens with one attached hydrogen (secondary N) is 1. The van der Waals surface area contributed by atoms with Crippen LogP contribution < -0.4 is 5.32 Å². The summed E-state index contributed by atoms with van der Waals surface area (Å²) in [5, 5.41) is 5.88. The molecule has 0 spiro atoms. The molecule has 0 radical (unpaired) electrons. The third-order valence-corrected chi connectivity index (χ3v) is 4.02. The fourth-order valence-electron chi connectivity index (χ4n) is 2.49. The van der Waals surface area contributed by atoms with Crippen LogP contribution in [0.4, 0.5) is 0 Å². The Balaban J connectivity index is 2.20. The second-order valence-electron chi connectivity index (χ2n) is 4.44. The van der Waals surface area contributed by atoms with Crippen LogP contribution in [0, 0.1) is 0 Å². The van der Waals surface area contributed by atoms with E-state index in [9.17, 15) is 0 Å². The molecule has 1 unspecified atom stereocenters. The Labute approximate surface area is 120 Å². The summed E-state index contributed by atoms with van der Waals surface area (Å²) < 4.78 is 6.14. The van der Waals surface area contributed by atoms with E-state index < -0.39 is 0 Å². The molecule has 0 amide bonds. The van der Waals surface area contributed by atoms with Crippen molar-refractivity contribution in [2.24, 2.45) is 0 Å². The van der Waals surface area contributed by atoms with Crippen molar-refractivity contribution in [2.45, 2.75) is 6.04 Å². The van der Waals surface area contributed by atoms with Gasteiger partial charge in [0, 0.05) is 5.56 Å². The van der Waals surface area contributed by atoms with E-state index >= 15 is 0 Å². The van der Waals surface area contributed by atoms with Crippen LogP contribution in [0.1, 0.15) is 17.2 Å². The molecule has 1 aromatic heterocycles. The quantitative estimate of drug-likeness (QED) is 0.769. The molecule has 3 heteroatoms. The van der Waals surface area contributed by atoms with Gasteiger partial charge in [-0.15, -0.1) is 0 Å². The topological polar surface area (TPSA) is 25.2 Å². The average molecular weight is 316 g/mol. The zero-order valence-corrected chi connectivity index (χ0v) is 12.1. The van der Waals surface area contributed by atoms with Gasteiger partial charge in [-0.2, -0.15) is 0 Å². The maximum atomic E-state index is 5.36. The Morgan fingerprint density at radius 2 is 1.79 bits per heavy atom. The molecule has 2 nitrogen and oxygen atoms in total. The van der Waals surface area contributed by atoms with Crippen molar-refractivity contribution in [2.75, 3.05) is 7.05 Å². The highest BCUT2D eigenvalue weighted by atomic mass is 79.9. The first kappa shape index (κ1) is 12.5. The van der Waals surface area contributed by atoms with Crippen molar-refractivity contribution in [3.05, 3.63) is 70.6 Å². The molecule has 19 heavy (non-hydrogen) atoms. The Morgan fingerprint density at radius 1 is 1.00 bits per heavy atom. The Bertz CT molecular complexity index is 699. The molecular weight excluding hydrogens is 302 g/mol. The van der Waals surface area contributed by atoms with Crippen molar-refractivity contribution >= 4 is 26.7 Å². The zero-order valence-electron chi connectivity index (χ0n) is 10.6. The predicted molar refractivity (Wildman–Crippen MR) is 81.3 cm³/mol. The lowest BCUT2D eigenvalue weighted by atomic mass is 9.95. The largest absolute Gasteiger partial charge is 0.457 e. The van der Waals surface area contributed by atoms with E-state index in [2.05, 4.69) is 63.7 Å². The molecular formula is C16H14BrNO. The highest BCUT2D eigenvalue weighted by Gasteiger charge is 2.18. The van der Waals surface area contributed by atoms with Crippen LogP contribution in [0.2, 0.25) is 0 Å². The lowest BCUT2D eigenvalue weighted by molar-refractivity contribution is 0.530. The standard InChI is InChI=1S/C16H14BrNO/c1-18-15(14-9-10-19-16(14)17)13-8-4-6-11-5-2-3-7-12(11)13/h2-10,15,18H,1H3. The van der Waals surface area contributed by atoms with Gasteiger partial charge in [0.05, 0.1) is 12.3 Å². The minimum Gasteiger partial charge on any atom is -0.457 e. The number of fused-ring (bicyclic) bond motifs is 1. The maximum absolute atomic E-state index is 5.36. The monoisotopic (exact) mass is 315 g/mol. The molecule has 0 saturated heterocycles. The zero-order chi connectivity index (χ0) is 13.2. The lowest BCUT2D eigenvalue weighted by Gasteiger charge is -2.18. The van der Waals surface area contributed by atoms with E-state index in [0.29, 0.717) is 0 Å². The summed E-state index contributed by atoms with van der Waals surface area (Å²) >= 11 is 3.46. The predicted octanol–water partition coefficient (Wildman–Crippen LogP) is 4.50. The highest BCUT2D eigenvalue weighted by molar-refractivity contribution is 9.10.